The van der Waals surface area contributed by atoms with E-state index in [1.165, 1.54) is 79.8 Å². The van der Waals surface area contributed by atoms with Crippen molar-refractivity contribution in [3.05, 3.63) is 76.3 Å². The van der Waals surface area contributed by atoms with Crippen LogP contribution < -0.4 is 0 Å². The summed E-state index contributed by atoms with van der Waals surface area (Å²) in [5.41, 5.74) is 7.08. The van der Waals surface area contributed by atoms with Gasteiger partial charge in [-0.1, -0.05) is 63.7 Å². The van der Waals surface area contributed by atoms with Crippen LogP contribution in [0.15, 0.2) is 48.5 Å². The van der Waals surface area contributed by atoms with Crippen molar-refractivity contribution in [3.8, 4) is 5.30 Å². The van der Waals surface area contributed by atoms with Crippen LogP contribution in [0.2, 0.25) is 0 Å². The second-order valence-electron chi connectivity index (χ2n) is 8.37. The summed E-state index contributed by atoms with van der Waals surface area (Å²) in [6.45, 7) is 11.2. The van der Waals surface area contributed by atoms with E-state index in [0.29, 0.717) is 0 Å². The molecule has 0 aliphatic rings. The van der Waals surface area contributed by atoms with Gasteiger partial charge in [0.15, 0.2) is 0 Å². The maximum atomic E-state index is 2.45. The van der Waals surface area contributed by atoms with E-state index < -0.39 is 7.53 Å². The normalized spacial score (nSPS) is 11.6. The molecule has 0 saturated heterocycles. The molecule has 3 aromatic carbocycles. The molecule has 1 heterocycles. The summed E-state index contributed by atoms with van der Waals surface area (Å²) in [7, 11) is -0.457. The summed E-state index contributed by atoms with van der Waals surface area (Å²) in [5.74, 6) is 0. The smallest absolute Gasteiger partial charge is 0.00711 e. The molecule has 0 aliphatic heterocycles. The van der Waals surface area contributed by atoms with Crippen molar-refractivity contribution in [2.75, 3.05) is 0 Å². The molecule has 28 heavy (non-hydrogen) atoms. The average molecular weight is 387 g/mol. The first kappa shape index (κ1) is 19.3. The molecule has 0 radical (unpaired) electrons. The molecule has 0 atom stereocenters. The third kappa shape index (κ3) is 3.40. The van der Waals surface area contributed by atoms with Gasteiger partial charge in [-0.15, -0.1) is 0 Å². The number of aryl methyl sites for hydroxylation is 5. The van der Waals surface area contributed by atoms with E-state index in [-0.39, 0.29) is 0 Å². The second kappa shape index (κ2) is 7.76. The molecule has 0 spiro atoms. The van der Waals surface area contributed by atoms with Gasteiger partial charge in [-0.2, -0.15) is 0 Å². The van der Waals surface area contributed by atoms with Crippen LogP contribution >= 0.6 is 7.53 Å². The number of rotatable bonds is 5. The van der Waals surface area contributed by atoms with Gasteiger partial charge in [0.2, 0.25) is 0 Å². The van der Waals surface area contributed by atoms with Crippen molar-refractivity contribution in [3.63, 3.8) is 0 Å². The Morgan fingerprint density at radius 2 is 1.14 bits per heavy atom. The molecule has 0 fully saturated rings. The van der Waals surface area contributed by atoms with Gasteiger partial charge in [-0.05, 0) is 96.6 Å². The van der Waals surface area contributed by atoms with E-state index >= 15 is 0 Å². The summed E-state index contributed by atoms with van der Waals surface area (Å²) < 4.78 is 0. The lowest BCUT2D eigenvalue weighted by Crippen LogP contribution is -1.84. The molecule has 0 bridgehead atoms. The molecule has 1 heteroatoms. The highest BCUT2D eigenvalue weighted by Crippen LogP contribution is 2.56. The fourth-order valence-electron chi connectivity index (χ4n) is 4.20. The molecular formula is C27H31P. The summed E-state index contributed by atoms with van der Waals surface area (Å²) >= 11 is 0. The Kier molecular flexibility index (Phi) is 5.35. The predicted molar refractivity (Wildman–Crippen MR) is 128 cm³/mol. The van der Waals surface area contributed by atoms with Crippen molar-refractivity contribution in [1.29, 1.82) is 0 Å². The maximum absolute atomic E-state index is 2.45. The van der Waals surface area contributed by atoms with Gasteiger partial charge in [0.25, 0.3) is 0 Å². The highest BCUT2D eigenvalue weighted by molar-refractivity contribution is 7.67. The Morgan fingerprint density at radius 1 is 0.643 bits per heavy atom. The highest BCUT2D eigenvalue weighted by Gasteiger charge is 2.15. The van der Waals surface area contributed by atoms with E-state index in [2.05, 4.69) is 83.1 Å². The Balaban J connectivity index is 1.91. The molecular weight excluding hydrogens is 355 g/mol. The van der Waals surface area contributed by atoms with Crippen molar-refractivity contribution < 1.29 is 0 Å². The number of fused-ring (bicyclic) bond motifs is 3. The van der Waals surface area contributed by atoms with Gasteiger partial charge >= 0.3 is 0 Å². The highest BCUT2D eigenvalue weighted by atomic mass is 31.1. The van der Waals surface area contributed by atoms with Crippen LogP contribution in [0.5, 0.6) is 0 Å². The minimum absolute atomic E-state index is 0.457. The Hall–Kier alpha value is -2.04. The molecule has 1 aromatic heterocycles. The zero-order valence-corrected chi connectivity index (χ0v) is 18.8. The standard InChI is InChI=1S/C27H31P/c1-6-7-8-9-22-10-12-23(13-11-22)28-26-16-20(4)18(2)14-24(26)25-15-19(3)21(5)17-27(25)28/h10-17H,6-9H2,1-5H3. The fraction of sp³-hybridized carbons (Fsp3) is 0.333. The van der Waals surface area contributed by atoms with Crippen LogP contribution in [0.25, 0.3) is 26.3 Å². The number of hydrogen-bond acceptors (Lipinski definition) is 0. The molecule has 4 aromatic rings. The predicted octanol–water partition coefficient (Wildman–Crippen LogP) is 8.94. The van der Waals surface area contributed by atoms with Crippen LogP contribution in [0, 0.1) is 27.7 Å². The first-order valence-corrected chi connectivity index (χ1v) is 12.0. The molecule has 4 rings (SSSR count). The summed E-state index contributed by atoms with van der Waals surface area (Å²) in [6.07, 6.45) is 5.12. The van der Waals surface area contributed by atoms with Crippen LogP contribution in [-0.4, -0.2) is 0 Å². The van der Waals surface area contributed by atoms with E-state index in [4.69, 9.17) is 0 Å². The largest absolute Gasteiger partial charge is 0.0772 e. The maximum Gasteiger partial charge on any atom is 0.00711 e. The van der Waals surface area contributed by atoms with E-state index in [1.54, 1.807) is 0 Å². The fourth-order valence-corrected chi connectivity index (χ4v) is 6.96. The van der Waals surface area contributed by atoms with E-state index in [1.807, 2.05) is 0 Å². The quantitative estimate of drug-likeness (QED) is 0.300. The first-order chi connectivity index (χ1) is 13.5. The number of benzene rings is 3. The van der Waals surface area contributed by atoms with E-state index in [9.17, 15) is 0 Å². The zero-order valence-electron chi connectivity index (χ0n) is 17.9. The average Bonchev–Trinajstić information content (AvgIpc) is 2.96. The van der Waals surface area contributed by atoms with Crippen molar-refractivity contribution in [1.82, 2.24) is 0 Å². The van der Waals surface area contributed by atoms with Crippen molar-refractivity contribution in [2.45, 2.75) is 60.3 Å². The van der Waals surface area contributed by atoms with Crippen LogP contribution in [0.3, 0.4) is 0 Å². The van der Waals surface area contributed by atoms with Crippen LogP contribution in [0.1, 0.15) is 54.0 Å². The zero-order chi connectivity index (χ0) is 19.8. The van der Waals surface area contributed by atoms with Gasteiger partial charge in [0.1, 0.15) is 0 Å². The SMILES string of the molecule is CCCCCc1ccc(-p2c3cc(C)c(C)cc3c3cc(C)c(C)cc32)cc1. The molecule has 0 saturated carbocycles. The Morgan fingerprint density at radius 3 is 1.64 bits per heavy atom. The third-order valence-electron chi connectivity index (χ3n) is 6.26. The Labute approximate surface area is 170 Å². The topological polar surface area (TPSA) is 0 Å². The van der Waals surface area contributed by atoms with Crippen LogP contribution in [0.4, 0.5) is 0 Å². The molecule has 0 nitrogen and oxygen atoms in total. The molecule has 0 unspecified atom stereocenters. The lowest BCUT2D eigenvalue weighted by atomic mass is 10.0. The van der Waals surface area contributed by atoms with Crippen molar-refractivity contribution in [2.24, 2.45) is 0 Å². The molecule has 144 valence electrons. The van der Waals surface area contributed by atoms with E-state index in [0.717, 1.165) is 0 Å². The Bertz CT molecular complexity index is 1080. The van der Waals surface area contributed by atoms with Gasteiger partial charge < -0.3 is 0 Å². The minimum atomic E-state index is -0.457. The first-order valence-electron chi connectivity index (χ1n) is 10.6. The van der Waals surface area contributed by atoms with Crippen LogP contribution in [-0.2, 0) is 6.42 Å². The van der Waals surface area contributed by atoms with Gasteiger partial charge in [-0.3, -0.25) is 0 Å². The number of hydrogen-bond donors (Lipinski definition) is 0. The molecule has 0 N–H and O–H groups in total. The lowest BCUT2D eigenvalue weighted by molar-refractivity contribution is 0.717. The van der Waals surface area contributed by atoms with Gasteiger partial charge in [-0.25, -0.2) is 0 Å². The minimum Gasteiger partial charge on any atom is -0.0772 e. The lowest BCUT2D eigenvalue weighted by Gasteiger charge is -2.08. The molecule has 0 amide bonds. The van der Waals surface area contributed by atoms with Gasteiger partial charge in [0.05, 0.1) is 0 Å². The third-order valence-corrected chi connectivity index (χ3v) is 8.78. The summed E-state index contributed by atoms with van der Waals surface area (Å²) in [4.78, 5) is 0. The summed E-state index contributed by atoms with van der Waals surface area (Å²) in [6, 6.07) is 19.3. The van der Waals surface area contributed by atoms with Gasteiger partial charge in [0, 0.05) is 10.2 Å². The second-order valence-corrected chi connectivity index (χ2v) is 10.5. The van der Waals surface area contributed by atoms with Crippen molar-refractivity contribution >= 4 is 28.5 Å². The summed E-state index contributed by atoms with van der Waals surface area (Å²) in [5, 5.41) is 7.48. The monoisotopic (exact) mass is 386 g/mol. The number of unbranched alkanes of at least 4 members (excludes halogenated alkanes) is 2. The molecule has 0 aliphatic carbocycles.